The Labute approximate surface area is 208 Å². The maximum Gasteiger partial charge on any atom is 0.262 e. The van der Waals surface area contributed by atoms with Gasteiger partial charge in [-0.25, -0.2) is 9.97 Å². The first-order chi connectivity index (χ1) is 17.1. The number of aromatic nitrogens is 3. The minimum Gasteiger partial charge on any atom is -0.493 e. The van der Waals surface area contributed by atoms with Crippen molar-refractivity contribution in [2.45, 2.75) is 56.5 Å². The van der Waals surface area contributed by atoms with E-state index in [0.29, 0.717) is 35.1 Å². The van der Waals surface area contributed by atoms with Gasteiger partial charge in [-0.15, -0.1) is 0 Å². The molecule has 0 atom stereocenters. The Bertz CT molecular complexity index is 1410. The van der Waals surface area contributed by atoms with Crippen LogP contribution >= 0.6 is 11.8 Å². The van der Waals surface area contributed by atoms with E-state index >= 15 is 0 Å². The van der Waals surface area contributed by atoms with E-state index in [1.165, 1.54) is 0 Å². The summed E-state index contributed by atoms with van der Waals surface area (Å²) in [6.07, 6.45) is 4.32. The molecule has 1 saturated carbocycles. The van der Waals surface area contributed by atoms with E-state index in [4.69, 9.17) is 23.9 Å². The van der Waals surface area contributed by atoms with Crippen molar-refractivity contribution in [2.24, 2.45) is 0 Å². The van der Waals surface area contributed by atoms with E-state index in [2.05, 4.69) is 0 Å². The van der Waals surface area contributed by atoms with E-state index in [1.54, 1.807) is 18.9 Å². The number of ether oxygens (including phenoxy) is 2. The maximum absolute atomic E-state index is 13.4. The number of nitrogens with zero attached hydrogens (tertiary/aromatic N) is 3. The van der Waals surface area contributed by atoms with Crippen molar-refractivity contribution in [2.75, 3.05) is 13.7 Å². The number of thioether (sulfide) groups is 1. The molecule has 0 aliphatic heterocycles. The maximum atomic E-state index is 13.4. The normalized spacial score (nSPS) is 14.0. The van der Waals surface area contributed by atoms with Gasteiger partial charge in [0.1, 0.15) is 5.76 Å². The van der Waals surface area contributed by atoms with E-state index in [-0.39, 0.29) is 11.6 Å². The Kier molecular flexibility index (Phi) is 6.81. The van der Waals surface area contributed by atoms with Gasteiger partial charge in [0.05, 0.1) is 30.3 Å². The number of aryl methyl sites for hydroxylation is 1. The predicted octanol–water partition coefficient (Wildman–Crippen LogP) is 6.17. The van der Waals surface area contributed by atoms with Gasteiger partial charge in [-0.3, -0.25) is 9.36 Å². The van der Waals surface area contributed by atoms with Gasteiger partial charge < -0.3 is 13.9 Å². The summed E-state index contributed by atoms with van der Waals surface area (Å²) in [4.78, 5) is 23.0. The van der Waals surface area contributed by atoms with Gasteiger partial charge in [0, 0.05) is 17.4 Å². The number of methoxy groups -OCH3 is 1. The van der Waals surface area contributed by atoms with Crippen molar-refractivity contribution in [1.82, 2.24) is 14.5 Å². The van der Waals surface area contributed by atoms with Gasteiger partial charge >= 0.3 is 0 Å². The topological polar surface area (TPSA) is 79.4 Å². The third-order valence-electron chi connectivity index (χ3n) is 6.41. The van der Waals surface area contributed by atoms with Gasteiger partial charge in [0.2, 0.25) is 5.89 Å². The van der Waals surface area contributed by atoms with Crippen molar-refractivity contribution in [1.29, 1.82) is 0 Å². The molecule has 2 heterocycles. The molecule has 0 unspecified atom stereocenters. The Morgan fingerprint density at radius 2 is 1.91 bits per heavy atom. The number of fused-ring (bicyclic) bond motifs is 1. The summed E-state index contributed by atoms with van der Waals surface area (Å²) in [6, 6.07) is 13.4. The van der Waals surface area contributed by atoms with Crippen LogP contribution in [0.4, 0.5) is 0 Å². The minimum absolute atomic E-state index is 0.0454. The lowest BCUT2D eigenvalue weighted by Gasteiger charge is -2.18. The highest BCUT2D eigenvalue weighted by molar-refractivity contribution is 7.98. The van der Waals surface area contributed by atoms with E-state index in [9.17, 15) is 4.79 Å². The fraction of sp³-hybridized carbons (Fsp3) is 0.370. The molecule has 4 aromatic rings. The first-order valence-electron chi connectivity index (χ1n) is 12.0. The number of benzene rings is 2. The molecule has 1 aliphatic rings. The molecule has 2 aromatic heterocycles. The minimum atomic E-state index is 0.0454. The van der Waals surface area contributed by atoms with Crippen LogP contribution in [0.15, 0.2) is 56.8 Å². The van der Waals surface area contributed by atoms with Crippen molar-refractivity contribution in [3.63, 3.8) is 0 Å². The SMILES string of the molecule is CCOc1ccc(-c2nc(CSc3nc4ccccc4c(=O)n3C3CCCC3)c(C)o2)cc1OC. The third kappa shape index (κ3) is 4.67. The van der Waals surface area contributed by atoms with Crippen LogP contribution in [0.1, 0.15) is 50.1 Å². The molecule has 182 valence electrons. The molecule has 1 aliphatic carbocycles. The van der Waals surface area contributed by atoms with Crippen molar-refractivity contribution < 1.29 is 13.9 Å². The summed E-state index contributed by atoms with van der Waals surface area (Å²) in [5.74, 6) is 3.15. The van der Waals surface area contributed by atoms with E-state index in [0.717, 1.165) is 53.4 Å². The summed E-state index contributed by atoms with van der Waals surface area (Å²) in [5, 5.41) is 1.42. The van der Waals surface area contributed by atoms with Crippen LogP contribution in [-0.2, 0) is 5.75 Å². The molecular weight excluding hydrogens is 462 g/mol. The molecule has 0 amide bonds. The molecule has 8 heteroatoms. The highest BCUT2D eigenvalue weighted by Crippen LogP contribution is 2.35. The van der Waals surface area contributed by atoms with Crippen LogP contribution in [-0.4, -0.2) is 28.3 Å². The fourth-order valence-electron chi connectivity index (χ4n) is 4.61. The number of hydrogen-bond donors (Lipinski definition) is 0. The lowest BCUT2D eigenvalue weighted by molar-refractivity contribution is 0.311. The smallest absolute Gasteiger partial charge is 0.262 e. The van der Waals surface area contributed by atoms with E-state index in [1.807, 2.05) is 60.9 Å². The molecule has 7 nitrogen and oxygen atoms in total. The molecule has 0 saturated heterocycles. The largest absolute Gasteiger partial charge is 0.493 e. The third-order valence-corrected chi connectivity index (χ3v) is 7.37. The van der Waals surface area contributed by atoms with Crippen molar-refractivity contribution in [3.8, 4) is 23.0 Å². The Morgan fingerprint density at radius 3 is 2.69 bits per heavy atom. The zero-order chi connectivity index (χ0) is 24.4. The van der Waals surface area contributed by atoms with Gasteiger partial charge in [-0.1, -0.05) is 36.7 Å². The zero-order valence-electron chi connectivity index (χ0n) is 20.2. The Hall–Kier alpha value is -3.26. The van der Waals surface area contributed by atoms with Crippen LogP contribution in [0, 0.1) is 6.92 Å². The first-order valence-corrected chi connectivity index (χ1v) is 13.0. The van der Waals surface area contributed by atoms with Gasteiger partial charge in [0.15, 0.2) is 16.7 Å². The zero-order valence-corrected chi connectivity index (χ0v) is 21.1. The number of oxazole rings is 1. The van der Waals surface area contributed by atoms with Crippen LogP contribution < -0.4 is 15.0 Å². The molecule has 1 fully saturated rings. The average Bonchev–Trinajstić information content (AvgIpc) is 3.53. The van der Waals surface area contributed by atoms with Gasteiger partial charge in [-0.05, 0) is 57.0 Å². The molecule has 0 bridgehead atoms. The lowest BCUT2D eigenvalue weighted by Crippen LogP contribution is -2.26. The van der Waals surface area contributed by atoms with Crippen LogP contribution in [0.5, 0.6) is 11.5 Å². The second-order valence-electron chi connectivity index (χ2n) is 8.63. The molecule has 2 aromatic carbocycles. The Balaban J connectivity index is 1.44. The summed E-state index contributed by atoms with van der Waals surface area (Å²) in [5.41, 5.74) is 2.42. The van der Waals surface area contributed by atoms with Crippen LogP contribution in [0.3, 0.4) is 0 Å². The highest BCUT2D eigenvalue weighted by atomic mass is 32.2. The molecule has 35 heavy (non-hydrogen) atoms. The molecule has 0 N–H and O–H groups in total. The standard InChI is InChI=1S/C27H29N3O4S/c1-4-33-23-14-13-18(15-24(23)32-3)25-28-22(17(2)34-25)16-35-27-29-21-12-8-7-11-20(21)26(31)30(27)19-9-5-6-10-19/h7-8,11-15,19H,4-6,9-10,16H2,1-3H3. The fourth-order valence-corrected chi connectivity index (χ4v) is 5.67. The van der Waals surface area contributed by atoms with E-state index < -0.39 is 0 Å². The molecule has 5 rings (SSSR count). The predicted molar refractivity (Wildman–Crippen MR) is 137 cm³/mol. The van der Waals surface area contributed by atoms with Crippen molar-refractivity contribution >= 4 is 22.7 Å². The second kappa shape index (κ2) is 10.2. The monoisotopic (exact) mass is 491 g/mol. The average molecular weight is 492 g/mol. The molecule has 0 spiro atoms. The van der Waals surface area contributed by atoms with Crippen LogP contribution in [0.25, 0.3) is 22.4 Å². The summed E-state index contributed by atoms with van der Waals surface area (Å²) < 4.78 is 19.0. The van der Waals surface area contributed by atoms with Crippen molar-refractivity contribution in [3.05, 3.63) is 64.3 Å². The number of rotatable bonds is 8. The van der Waals surface area contributed by atoms with Gasteiger partial charge in [0.25, 0.3) is 5.56 Å². The summed E-state index contributed by atoms with van der Waals surface area (Å²) in [7, 11) is 1.62. The number of para-hydroxylation sites is 1. The second-order valence-corrected chi connectivity index (χ2v) is 9.58. The summed E-state index contributed by atoms with van der Waals surface area (Å²) >= 11 is 1.54. The van der Waals surface area contributed by atoms with Gasteiger partial charge in [-0.2, -0.15) is 0 Å². The molecule has 0 radical (unpaired) electrons. The highest BCUT2D eigenvalue weighted by Gasteiger charge is 2.24. The number of hydrogen-bond acceptors (Lipinski definition) is 7. The molecular formula is C27H29N3O4S. The quantitative estimate of drug-likeness (QED) is 0.215. The van der Waals surface area contributed by atoms with Crippen LogP contribution in [0.2, 0.25) is 0 Å². The Morgan fingerprint density at radius 1 is 1.11 bits per heavy atom. The lowest BCUT2D eigenvalue weighted by atomic mass is 10.2. The summed E-state index contributed by atoms with van der Waals surface area (Å²) in [6.45, 7) is 4.41. The first kappa shape index (κ1) is 23.5.